The van der Waals surface area contributed by atoms with Crippen LogP contribution in [0.15, 0.2) is 58.7 Å². The molecular weight excluding hydrogens is 469 g/mol. The molecule has 1 N–H and O–H groups in total. The molecule has 0 radical (unpaired) electrons. The third kappa shape index (κ3) is 4.85. The van der Waals surface area contributed by atoms with Gasteiger partial charge in [-0.1, -0.05) is 32.9 Å². The lowest BCUT2D eigenvalue weighted by Crippen LogP contribution is -2.25. The summed E-state index contributed by atoms with van der Waals surface area (Å²) in [5.74, 6) is -1.58. The van der Waals surface area contributed by atoms with Gasteiger partial charge < -0.3 is 10.1 Å². The number of aromatic nitrogens is 2. The lowest BCUT2D eigenvalue weighted by molar-refractivity contribution is 0.0520. The molecule has 0 bridgehead atoms. The van der Waals surface area contributed by atoms with E-state index in [1.807, 2.05) is 12.1 Å². The van der Waals surface area contributed by atoms with Crippen LogP contribution in [0.25, 0.3) is 16.5 Å². The van der Waals surface area contributed by atoms with Crippen LogP contribution in [-0.4, -0.2) is 28.3 Å². The summed E-state index contributed by atoms with van der Waals surface area (Å²) in [5, 5.41) is 9.25. The number of esters is 1. The summed E-state index contributed by atoms with van der Waals surface area (Å²) >= 11 is 1.11. The number of hydrogen-bond donors (Lipinski definition) is 1. The molecule has 2 aromatic carbocycles. The van der Waals surface area contributed by atoms with E-state index < -0.39 is 23.3 Å². The van der Waals surface area contributed by atoms with Crippen molar-refractivity contribution in [2.75, 3.05) is 11.9 Å². The standard InChI is InChI=1S/C26H24FN3O4S/c1-5-34-25(33)21-19-14-35-23(28-22(31)15-6-8-16(9-7-15)26(2,3)4)20(19)24(32)30(29-21)18-12-10-17(27)11-13-18/h6-14H,5H2,1-4H3,(H,28,31). The molecule has 35 heavy (non-hydrogen) atoms. The van der Waals surface area contributed by atoms with E-state index >= 15 is 0 Å². The Morgan fingerprint density at radius 3 is 2.34 bits per heavy atom. The van der Waals surface area contributed by atoms with Crippen LogP contribution in [0, 0.1) is 5.82 Å². The number of hydrogen-bond acceptors (Lipinski definition) is 6. The molecule has 0 fully saturated rings. The Bertz CT molecular complexity index is 1470. The van der Waals surface area contributed by atoms with Gasteiger partial charge in [-0.2, -0.15) is 9.78 Å². The van der Waals surface area contributed by atoms with Gasteiger partial charge in [-0.15, -0.1) is 11.3 Å². The monoisotopic (exact) mass is 493 g/mol. The number of ether oxygens (including phenoxy) is 1. The summed E-state index contributed by atoms with van der Waals surface area (Å²) in [6.07, 6.45) is 0. The lowest BCUT2D eigenvalue weighted by Gasteiger charge is -2.19. The first-order valence-corrected chi connectivity index (χ1v) is 11.9. The maximum absolute atomic E-state index is 13.4. The van der Waals surface area contributed by atoms with Crippen molar-refractivity contribution in [1.82, 2.24) is 9.78 Å². The predicted octanol–water partition coefficient (Wildman–Crippen LogP) is 5.31. The molecule has 1 amide bonds. The van der Waals surface area contributed by atoms with Crippen LogP contribution >= 0.6 is 11.3 Å². The van der Waals surface area contributed by atoms with Gasteiger partial charge in [0.15, 0.2) is 5.69 Å². The number of fused-ring (bicyclic) bond motifs is 1. The summed E-state index contributed by atoms with van der Waals surface area (Å²) < 4.78 is 19.6. The van der Waals surface area contributed by atoms with Crippen LogP contribution in [0.3, 0.4) is 0 Å². The van der Waals surface area contributed by atoms with Crippen molar-refractivity contribution >= 4 is 39.0 Å². The Hall–Kier alpha value is -3.85. The van der Waals surface area contributed by atoms with Gasteiger partial charge in [-0.3, -0.25) is 9.59 Å². The number of carbonyl (C=O) groups excluding carboxylic acids is 2. The van der Waals surface area contributed by atoms with E-state index in [-0.39, 0.29) is 39.2 Å². The third-order valence-electron chi connectivity index (χ3n) is 5.43. The molecule has 0 saturated heterocycles. The topological polar surface area (TPSA) is 90.3 Å². The number of benzene rings is 2. The highest BCUT2D eigenvalue weighted by Gasteiger charge is 2.23. The molecule has 0 aliphatic carbocycles. The van der Waals surface area contributed by atoms with Crippen molar-refractivity contribution in [3.8, 4) is 5.69 Å². The van der Waals surface area contributed by atoms with Crippen molar-refractivity contribution < 1.29 is 18.7 Å². The molecule has 180 valence electrons. The summed E-state index contributed by atoms with van der Waals surface area (Å²) in [6.45, 7) is 8.04. The van der Waals surface area contributed by atoms with E-state index in [1.165, 1.54) is 24.3 Å². The van der Waals surface area contributed by atoms with E-state index in [0.29, 0.717) is 5.56 Å². The largest absolute Gasteiger partial charge is 0.461 e. The first kappa shape index (κ1) is 24.3. The fraction of sp³-hybridized carbons (Fsp3) is 0.231. The Morgan fingerprint density at radius 1 is 1.09 bits per heavy atom. The highest BCUT2D eigenvalue weighted by Crippen LogP contribution is 2.31. The van der Waals surface area contributed by atoms with Crippen LogP contribution in [0.1, 0.15) is 54.1 Å². The molecule has 4 aromatic rings. The number of rotatable bonds is 5. The second-order valence-electron chi connectivity index (χ2n) is 8.90. The molecule has 4 rings (SSSR count). The van der Waals surface area contributed by atoms with Crippen molar-refractivity contribution in [2.24, 2.45) is 0 Å². The molecule has 0 spiro atoms. The number of thiophene rings is 1. The van der Waals surface area contributed by atoms with E-state index in [1.54, 1.807) is 24.4 Å². The molecule has 9 heteroatoms. The lowest BCUT2D eigenvalue weighted by atomic mass is 9.87. The average Bonchev–Trinajstić information content (AvgIpc) is 3.24. The molecule has 0 aliphatic heterocycles. The molecule has 0 unspecified atom stereocenters. The van der Waals surface area contributed by atoms with Gasteiger partial charge in [0, 0.05) is 16.3 Å². The molecule has 0 atom stereocenters. The van der Waals surface area contributed by atoms with Crippen LogP contribution in [-0.2, 0) is 10.2 Å². The minimum absolute atomic E-state index is 0.0547. The number of carbonyl (C=O) groups is 2. The SMILES string of the molecule is CCOC(=O)c1nn(-c2ccc(F)cc2)c(=O)c2c(NC(=O)c3ccc(C(C)(C)C)cc3)scc12. The first-order chi connectivity index (χ1) is 16.6. The summed E-state index contributed by atoms with van der Waals surface area (Å²) in [6, 6.07) is 12.4. The molecule has 0 saturated carbocycles. The van der Waals surface area contributed by atoms with Crippen molar-refractivity contribution in [3.05, 3.63) is 86.9 Å². The molecule has 2 heterocycles. The summed E-state index contributed by atoms with van der Waals surface area (Å²) in [4.78, 5) is 39.0. The van der Waals surface area contributed by atoms with E-state index in [9.17, 15) is 18.8 Å². The average molecular weight is 494 g/mol. The molecule has 2 aromatic heterocycles. The van der Waals surface area contributed by atoms with Crippen LogP contribution < -0.4 is 10.9 Å². The fourth-order valence-electron chi connectivity index (χ4n) is 3.55. The zero-order chi connectivity index (χ0) is 25.3. The highest BCUT2D eigenvalue weighted by molar-refractivity contribution is 7.16. The maximum atomic E-state index is 13.4. The van der Waals surface area contributed by atoms with Gasteiger partial charge in [0.05, 0.1) is 17.7 Å². The summed E-state index contributed by atoms with van der Waals surface area (Å²) in [5.41, 5.74) is 1.10. The highest BCUT2D eigenvalue weighted by atomic mass is 32.1. The van der Waals surface area contributed by atoms with Crippen molar-refractivity contribution in [1.29, 1.82) is 0 Å². The van der Waals surface area contributed by atoms with Crippen LogP contribution in [0.5, 0.6) is 0 Å². The van der Waals surface area contributed by atoms with Gasteiger partial charge in [0.25, 0.3) is 11.5 Å². The van der Waals surface area contributed by atoms with Gasteiger partial charge in [-0.25, -0.2) is 9.18 Å². The molecular formula is C26H24FN3O4S. The number of nitrogens with one attached hydrogen (secondary N) is 1. The fourth-order valence-corrected chi connectivity index (χ4v) is 4.48. The minimum atomic E-state index is -0.707. The van der Waals surface area contributed by atoms with Crippen molar-refractivity contribution in [3.63, 3.8) is 0 Å². The molecule has 0 aliphatic rings. The van der Waals surface area contributed by atoms with Gasteiger partial charge in [0.1, 0.15) is 10.8 Å². The van der Waals surface area contributed by atoms with E-state index in [2.05, 4.69) is 31.2 Å². The Morgan fingerprint density at radius 2 is 1.74 bits per heavy atom. The normalized spacial score (nSPS) is 11.5. The van der Waals surface area contributed by atoms with E-state index in [0.717, 1.165) is 21.6 Å². The Labute approximate surface area is 205 Å². The molecule has 7 nitrogen and oxygen atoms in total. The zero-order valence-electron chi connectivity index (χ0n) is 19.7. The van der Waals surface area contributed by atoms with Crippen LogP contribution in [0.2, 0.25) is 0 Å². The Balaban J connectivity index is 1.80. The maximum Gasteiger partial charge on any atom is 0.359 e. The zero-order valence-corrected chi connectivity index (χ0v) is 20.5. The van der Waals surface area contributed by atoms with Gasteiger partial charge in [-0.05, 0) is 54.3 Å². The number of nitrogens with zero attached hydrogens (tertiary/aromatic N) is 2. The Kier molecular flexibility index (Phi) is 6.53. The summed E-state index contributed by atoms with van der Waals surface area (Å²) in [7, 11) is 0. The first-order valence-electron chi connectivity index (χ1n) is 11.0. The quantitative estimate of drug-likeness (QED) is 0.381. The second kappa shape index (κ2) is 9.42. The van der Waals surface area contributed by atoms with Gasteiger partial charge >= 0.3 is 5.97 Å². The van der Waals surface area contributed by atoms with Crippen LogP contribution in [0.4, 0.5) is 9.39 Å². The van der Waals surface area contributed by atoms with Crippen molar-refractivity contribution in [2.45, 2.75) is 33.1 Å². The number of amides is 1. The second-order valence-corrected chi connectivity index (χ2v) is 9.78. The van der Waals surface area contributed by atoms with E-state index in [4.69, 9.17) is 4.74 Å². The number of anilines is 1. The van der Waals surface area contributed by atoms with Gasteiger partial charge in [0.2, 0.25) is 0 Å². The third-order valence-corrected chi connectivity index (χ3v) is 6.33. The number of halogens is 1. The minimum Gasteiger partial charge on any atom is -0.461 e. The smallest absolute Gasteiger partial charge is 0.359 e. The predicted molar refractivity (Wildman–Crippen MR) is 134 cm³/mol.